The van der Waals surface area contributed by atoms with Gasteiger partial charge in [0.2, 0.25) is 5.91 Å². The van der Waals surface area contributed by atoms with Gasteiger partial charge in [-0.15, -0.1) is 0 Å². The maximum Gasteiger partial charge on any atom is 0.274 e. The van der Waals surface area contributed by atoms with E-state index in [1.54, 1.807) is 36.1 Å². The second kappa shape index (κ2) is 8.29. The van der Waals surface area contributed by atoms with E-state index in [0.29, 0.717) is 49.7 Å². The van der Waals surface area contributed by atoms with Crippen molar-refractivity contribution < 1.29 is 19.4 Å². The SMILES string of the molecule is CCn1nc(C(=O)N2CCC3(CC2)C[C@H](NC(C)=O)[C@@](C)(O)CO3)c2ccccc2c1=O. The van der Waals surface area contributed by atoms with Crippen LogP contribution in [0.15, 0.2) is 29.1 Å². The summed E-state index contributed by atoms with van der Waals surface area (Å²) < 4.78 is 7.41. The minimum Gasteiger partial charge on any atom is -0.386 e. The van der Waals surface area contributed by atoms with Gasteiger partial charge in [0.15, 0.2) is 5.69 Å². The van der Waals surface area contributed by atoms with Crippen molar-refractivity contribution >= 4 is 22.6 Å². The molecule has 2 amide bonds. The Morgan fingerprint density at radius 2 is 1.91 bits per heavy atom. The molecule has 1 aromatic heterocycles. The minimum absolute atomic E-state index is 0.125. The lowest BCUT2D eigenvalue weighted by Gasteiger charge is -2.50. The van der Waals surface area contributed by atoms with E-state index in [9.17, 15) is 19.5 Å². The molecule has 3 heterocycles. The Morgan fingerprint density at radius 3 is 2.53 bits per heavy atom. The summed E-state index contributed by atoms with van der Waals surface area (Å²) >= 11 is 0. The molecule has 0 unspecified atom stereocenters. The molecule has 9 heteroatoms. The quantitative estimate of drug-likeness (QED) is 0.735. The summed E-state index contributed by atoms with van der Waals surface area (Å²) in [7, 11) is 0. The van der Waals surface area contributed by atoms with E-state index in [2.05, 4.69) is 10.4 Å². The number of nitrogens with one attached hydrogen (secondary N) is 1. The van der Waals surface area contributed by atoms with E-state index in [0.717, 1.165) is 0 Å². The van der Waals surface area contributed by atoms with Crippen LogP contribution in [0.1, 0.15) is 50.5 Å². The fraction of sp³-hybridized carbons (Fsp3) is 0.565. The number of carbonyl (C=O) groups excluding carboxylic acids is 2. The van der Waals surface area contributed by atoms with E-state index >= 15 is 0 Å². The second-order valence-corrected chi connectivity index (χ2v) is 9.09. The van der Waals surface area contributed by atoms with Crippen LogP contribution < -0.4 is 10.9 Å². The number of aromatic nitrogens is 2. The van der Waals surface area contributed by atoms with Crippen LogP contribution in [-0.4, -0.2) is 68.5 Å². The highest BCUT2D eigenvalue weighted by molar-refractivity contribution is 6.04. The summed E-state index contributed by atoms with van der Waals surface area (Å²) in [6, 6.07) is 6.65. The lowest BCUT2D eigenvalue weighted by molar-refractivity contribution is -0.191. The third-order valence-corrected chi connectivity index (χ3v) is 6.71. The number of likely N-dealkylation sites (tertiary alicyclic amines) is 1. The number of rotatable bonds is 3. The van der Waals surface area contributed by atoms with Crippen LogP contribution in [0, 0.1) is 0 Å². The number of amides is 2. The average Bonchev–Trinajstić information content (AvgIpc) is 2.77. The molecular weight excluding hydrogens is 412 g/mol. The normalized spacial score (nSPS) is 25.1. The predicted molar refractivity (Wildman–Crippen MR) is 118 cm³/mol. The Balaban J connectivity index is 1.54. The van der Waals surface area contributed by atoms with Gasteiger partial charge >= 0.3 is 0 Å². The fourth-order valence-corrected chi connectivity index (χ4v) is 4.73. The van der Waals surface area contributed by atoms with Gasteiger partial charge in [0.25, 0.3) is 11.5 Å². The van der Waals surface area contributed by atoms with Crippen molar-refractivity contribution in [3.8, 4) is 0 Å². The molecule has 2 aromatic rings. The minimum atomic E-state index is -1.14. The zero-order valence-electron chi connectivity index (χ0n) is 18.8. The molecule has 2 aliphatic rings. The van der Waals surface area contributed by atoms with E-state index < -0.39 is 17.2 Å². The first-order chi connectivity index (χ1) is 15.2. The van der Waals surface area contributed by atoms with Gasteiger partial charge < -0.3 is 20.1 Å². The molecule has 0 saturated carbocycles. The van der Waals surface area contributed by atoms with Gasteiger partial charge in [-0.05, 0) is 39.2 Å². The molecule has 0 bridgehead atoms. The fourth-order valence-electron chi connectivity index (χ4n) is 4.73. The zero-order chi connectivity index (χ0) is 23.1. The van der Waals surface area contributed by atoms with Crippen LogP contribution in [-0.2, 0) is 16.1 Å². The number of aryl methyl sites for hydroxylation is 1. The van der Waals surface area contributed by atoms with Gasteiger partial charge in [0.1, 0.15) is 5.60 Å². The lowest BCUT2D eigenvalue weighted by atomic mass is 9.77. The number of hydrogen-bond acceptors (Lipinski definition) is 6. The summed E-state index contributed by atoms with van der Waals surface area (Å²) in [6.45, 7) is 6.36. The molecule has 1 spiro atoms. The standard InChI is InChI=1S/C23H30N4O5/c1-4-27-20(29)17-8-6-5-7-16(17)19(25-27)21(30)26-11-9-23(10-12-26)13-18(24-15(2)28)22(3,31)14-32-23/h5-8,18,31H,4,9-14H2,1-3H3,(H,24,28)/t18-,22-/m0/s1. The van der Waals surface area contributed by atoms with Crippen molar-refractivity contribution in [3.05, 3.63) is 40.3 Å². The van der Waals surface area contributed by atoms with Crippen molar-refractivity contribution in [2.24, 2.45) is 0 Å². The molecule has 2 N–H and O–H groups in total. The molecule has 172 valence electrons. The van der Waals surface area contributed by atoms with Crippen LogP contribution in [0.5, 0.6) is 0 Å². The average molecular weight is 443 g/mol. The van der Waals surface area contributed by atoms with Crippen LogP contribution in [0.2, 0.25) is 0 Å². The van der Waals surface area contributed by atoms with Crippen molar-refractivity contribution in [2.75, 3.05) is 19.7 Å². The zero-order valence-corrected chi connectivity index (χ0v) is 18.8. The van der Waals surface area contributed by atoms with Gasteiger partial charge in [-0.3, -0.25) is 14.4 Å². The summed E-state index contributed by atoms with van der Waals surface area (Å²) in [5, 5.41) is 18.9. The van der Waals surface area contributed by atoms with E-state index in [1.165, 1.54) is 11.6 Å². The van der Waals surface area contributed by atoms with E-state index in [-0.39, 0.29) is 29.7 Å². The van der Waals surface area contributed by atoms with Crippen molar-refractivity contribution in [2.45, 2.75) is 63.8 Å². The Bertz CT molecular complexity index is 1100. The second-order valence-electron chi connectivity index (χ2n) is 9.09. The number of carbonyl (C=O) groups is 2. The maximum absolute atomic E-state index is 13.4. The Labute approximate surface area is 186 Å². The topological polar surface area (TPSA) is 114 Å². The highest BCUT2D eigenvalue weighted by Crippen LogP contribution is 2.38. The molecule has 4 rings (SSSR count). The third-order valence-electron chi connectivity index (χ3n) is 6.71. The summed E-state index contributed by atoms with van der Waals surface area (Å²) in [5.41, 5.74) is -1.56. The van der Waals surface area contributed by atoms with Crippen LogP contribution >= 0.6 is 0 Å². The molecule has 0 radical (unpaired) electrons. The molecule has 9 nitrogen and oxygen atoms in total. The first kappa shape index (κ1) is 22.4. The largest absolute Gasteiger partial charge is 0.386 e. The Kier molecular flexibility index (Phi) is 5.81. The maximum atomic E-state index is 13.4. The highest BCUT2D eigenvalue weighted by atomic mass is 16.5. The van der Waals surface area contributed by atoms with Gasteiger partial charge in [-0.25, -0.2) is 4.68 Å². The molecule has 1 aromatic carbocycles. The lowest BCUT2D eigenvalue weighted by Crippen LogP contribution is -2.64. The first-order valence-corrected chi connectivity index (χ1v) is 11.1. The number of hydrogen-bond donors (Lipinski definition) is 2. The molecule has 2 aliphatic heterocycles. The van der Waals surface area contributed by atoms with Crippen molar-refractivity contribution in [3.63, 3.8) is 0 Å². The van der Waals surface area contributed by atoms with E-state index in [4.69, 9.17) is 4.74 Å². The van der Waals surface area contributed by atoms with Crippen molar-refractivity contribution in [1.29, 1.82) is 0 Å². The number of fused-ring (bicyclic) bond motifs is 1. The Morgan fingerprint density at radius 1 is 1.25 bits per heavy atom. The number of aliphatic hydroxyl groups is 1. The molecule has 2 fully saturated rings. The van der Waals surface area contributed by atoms with Gasteiger partial charge in [0, 0.05) is 31.9 Å². The highest BCUT2D eigenvalue weighted by Gasteiger charge is 2.49. The summed E-state index contributed by atoms with van der Waals surface area (Å²) in [4.78, 5) is 39.3. The van der Waals surface area contributed by atoms with Crippen LogP contribution in [0.3, 0.4) is 0 Å². The van der Waals surface area contributed by atoms with Crippen LogP contribution in [0.4, 0.5) is 0 Å². The third kappa shape index (κ3) is 4.02. The number of nitrogens with zero attached hydrogens (tertiary/aromatic N) is 3. The van der Waals surface area contributed by atoms with Gasteiger partial charge in [-0.2, -0.15) is 5.10 Å². The predicted octanol–water partition coefficient (Wildman–Crippen LogP) is 1.07. The van der Waals surface area contributed by atoms with Gasteiger partial charge in [-0.1, -0.05) is 18.2 Å². The van der Waals surface area contributed by atoms with Crippen LogP contribution in [0.25, 0.3) is 10.8 Å². The van der Waals surface area contributed by atoms with Crippen molar-refractivity contribution in [1.82, 2.24) is 20.0 Å². The monoisotopic (exact) mass is 442 g/mol. The molecular formula is C23H30N4O5. The number of ether oxygens (including phenoxy) is 1. The summed E-state index contributed by atoms with van der Waals surface area (Å²) in [6.07, 6.45) is 1.68. The molecule has 32 heavy (non-hydrogen) atoms. The van der Waals surface area contributed by atoms with Gasteiger partial charge in [0.05, 0.1) is 23.6 Å². The molecule has 2 saturated heterocycles. The first-order valence-electron chi connectivity index (χ1n) is 11.1. The van der Waals surface area contributed by atoms with E-state index in [1.807, 2.05) is 6.92 Å². The number of piperidine rings is 1. The molecule has 0 aliphatic carbocycles. The number of benzene rings is 1. The summed E-state index contributed by atoms with van der Waals surface area (Å²) in [5.74, 6) is -0.400. The molecule has 2 atom stereocenters. The Hall–Kier alpha value is -2.78. The smallest absolute Gasteiger partial charge is 0.274 e.